The van der Waals surface area contributed by atoms with Crippen molar-refractivity contribution >= 4 is 62.0 Å². The lowest BCUT2D eigenvalue weighted by molar-refractivity contribution is -0.113. The van der Waals surface area contributed by atoms with Crippen LogP contribution in [0.3, 0.4) is 0 Å². The average Bonchev–Trinajstić information content (AvgIpc) is 3.22. The van der Waals surface area contributed by atoms with Crippen molar-refractivity contribution in [2.24, 2.45) is 0 Å². The van der Waals surface area contributed by atoms with E-state index in [0.29, 0.717) is 5.69 Å². The first-order valence-corrected chi connectivity index (χ1v) is 12.0. The smallest absolute Gasteiger partial charge is 0.265 e. The van der Waals surface area contributed by atoms with Crippen molar-refractivity contribution in [2.45, 2.75) is 9.10 Å². The van der Waals surface area contributed by atoms with E-state index >= 15 is 0 Å². The molecule has 0 aliphatic carbocycles. The van der Waals surface area contributed by atoms with Crippen LogP contribution in [0.15, 0.2) is 69.1 Å². The maximum Gasteiger partial charge on any atom is 0.265 e. The normalized spacial score (nSPS) is 11.1. The highest BCUT2D eigenvalue weighted by Gasteiger charge is 2.22. The third-order valence-corrected chi connectivity index (χ3v) is 7.54. The summed E-state index contributed by atoms with van der Waals surface area (Å²) in [7, 11) is -2.62. The van der Waals surface area contributed by atoms with Gasteiger partial charge in [-0.15, -0.1) is 23.1 Å². The Morgan fingerprint density at radius 3 is 2.66 bits per heavy atom. The number of rotatable bonds is 8. The van der Waals surface area contributed by atoms with Crippen LogP contribution in [0.4, 0.5) is 11.4 Å². The zero-order chi connectivity index (χ0) is 20.9. The first kappa shape index (κ1) is 21.5. The summed E-state index contributed by atoms with van der Waals surface area (Å²) in [6, 6.07) is 14.8. The number of sulfonamides is 1. The number of halogens is 1. The predicted molar refractivity (Wildman–Crippen MR) is 119 cm³/mol. The molecule has 0 aliphatic rings. The van der Waals surface area contributed by atoms with Crippen molar-refractivity contribution in [1.82, 2.24) is 0 Å². The van der Waals surface area contributed by atoms with Crippen LogP contribution in [0.2, 0.25) is 5.02 Å². The second kappa shape index (κ2) is 9.53. The molecule has 2 aromatic carbocycles. The van der Waals surface area contributed by atoms with Gasteiger partial charge < -0.3 is 10.1 Å². The van der Waals surface area contributed by atoms with E-state index in [4.69, 9.17) is 16.3 Å². The van der Waals surface area contributed by atoms with Gasteiger partial charge >= 0.3 is 0 Å². The Kier molecular flexibility index (Phi) is 7.07. The molecule has 29 heavy (non-hydrogen) atoms. The quantitative estimate of drug-likeness (QED) is 0.457. The number of para-hydroxylation sites is 1. The topological polar surface area (TPSA) is 84.5 Å². The van der Waals surface area contributed by atoms with Crippen LogP contribution in [-0.4, -0.2) is 27.2 Å². The van der Waals surface area contributed by atoms with Gasteiger partial charge in [0.25, 0.3) is 10.0 Å². The Morgan fingerprint density at radius 1 is 1.17 bits per heavy atom. The van der Waals surface area contributed by atoms with Crippen LogP contribution >= 0.6 is 34.7 Å². The molecule has 2 N–H and O–H groups in total. The summed E-state index contributed by atoms with van der Waals surface area (Å²) in [4.78, 5) is 12.1. The molecule has 3 aromatic rings. The Labute approximate surface area is 182 Å². The van der Waals surface area contributed by atoms with Crippen LogP contribution in [0.1, 0.15) is 0 Å². The molecule has 10 heteroatoms. The van der Waals surface area contributed by atoms with Crippen molar-refractivity contribution in [3.8, 4) is 5.75 Å². The molecule has 0 unspecified atom stereocenters. The van der Waals surface area contributed by atoms with Gasteiger partial charge in [0, 0.05) is 5.69 Å². The van der Waals surface area contributed by atoms with Gasteiger partial charge in [-0.05, 0) is 41.8 Å². The number of nitrogens with one attached hydrogen (secondary N) is 2. The predicted octanol–water partition coefficient (Wildman–Crippen LogP) is 4.94. The molecule has 0 saturated carbocycles. The summed E-state index contributed by atoms with van der Waals surface area (Å²) in [6.45, 7) is 0. The molecular weight excluding hydrogens is 452 g/mol. The number of hydrogen-bond acceptors (Lipinski definition) is 6. The van der Waals surface area contributed by atoms with E-state index in [-0.39, 0.29) is 33.0 Å². The fourth-order valence-corrected chi connectivity index (χ4v) is 5.49. The second-order valence-corrected chi connectivity index (χ2v) is 10.0. The zero-order valence-electron chi connectivity index (χ0n) is 15.2. The number of amides is 1. The number of carbonyl (C=O) groups excluding carboxylic acids is 1. The molecule has 0 spiro atoms. The van der Waals surface area contributed by atoms with Crippen LogP contribution < -0.4 is 14.8 Å². The fourth-order valence-electron chi connectivity index (χ4n) is 2.39. The third kappa shape index (κ3) is 5.66. The minimum Gasteiger partial charge on any atom is -0.495 e. The summed E-state index contributed by atoms with van der Waals surface area (Å²) in [6.07, 6.45) is 0. The van der Waals surface area contributed by atoms with Crippen LogP contribution in [0.5, 0.6) is 5.75 Å². The summed E-state index contributed by atoms with van der Waals surface area (Å²) in [5.74, 6) is 0.124. The number of thiophene rings is 1. The van der Waals surface area contributed by atoms with Gasteiger partial charge in [0.05, 0.1) is 27.8 Å². The van der Waals surface area contributed by atoms with Crippen molar-refractivity contribution < 1.29 is 17.9 Å². The standard InChI is InChI=1S/C19H17ClN2O4S3/c1-26-16-9-8-13(21-18(23)12-28-19-7-4-10-27-19)11-17(16)29(24,25)22-15-6-3-2-5-14(15)20/h2-11,22H,12H2,1H3,(H,21,23). The molecule has 0 bridgehead atoms. The summed E-state index contributed by atoms with van der Waals surface area (Å²) in [5, 5.41) is 4.92. The molecule has 1 aromatic heterocycles. The lowest BCUT2D eigenvalue weighted by Crippen LogP contribution is -2.17. The third-order valence-electron chi connectivity index (χ3n) is 3.70. The van der Waals surface area contributed by atoms with Crippen LogP contribution in [0.25, 0.3) is 0 Å². The van der Waals surface area contributed by atoms with Crippen molar-refractivity contribution in [3.05, 3.63) is 65.0 Å². The number of anilines is 2. The largest absolute Gasteiger partial charge is 0.495 e. The highest BCUT2D eigenvalue weighted by molar-refractivity contribution is 8.01. The number of methoxy groups -OCH3 is 1. The lowest BCUT2D eigenvalue weighted by atomic mass is 10.3. The van der Waals surface area contributed by atoms with Gasteiger partial charge in [-0.1, -0.05) is 29.8 Å². The van der Waals surface area contributed by atoms with Crippen molar-refractivity contribution in [1.29, 1.82) is 0 Å². The number of thioether (sulfide) groups is 1. The van der Waals surface area contributed by atoms with Crippen molar-refractivity contribution in [2.75, 3.05) is 22.9 Å². The molecule has 0 aliphatic heterocycles. The highest BCUT2D eigenvalue weighted by atomic mass is 35.5. The van der Waals surface area contributed by atoms with Gasteiger partial charge in [-0.2, -0.15) is 0 Å². The van der Waals surface area contributed by atoms with Gasteiger partial charge in [0.1, 0.15) is 10.6 Å². The average molecular weight is 469 g/mol. The first-order chi connectivity index (χ1) is 13.9. The molecule has 1 heterocycles. The Balaban J connectivity index is 1.79. The molecule has 0 saturated heterocycles. The van der Waals surface area contributed by atoms with Crippen LogP contribution in [-0.2, 0) is 14.8 Å². The molecule has 3 rings (SSSR count). The Hall–Kier alpha value is -2.20. The van der Waals surface area contributed by atoms with E-state index in [1.165, 1.54) is 31.0 Å². The van der Waals surface area contributed by atoms with E-state index in [9.17, 15) is 13.2 Å². The van der Waals surface area contributed by atoms with Gasteiger partial charge in [0.2, 0.25) is 5.91 Å². The lowest BCUT2D eigenvalue weighted by Gasteiger charge is -2.14. The molecule has 0 atom stereocenters. The first-order valence-electron chi connectivity index (χ1n) is 8.30. The second-order valence-electron chi connectivity index (χ2n) is 5.72. The van der Waals surface area contributed by atoms with E-state index < -0.39 is 10.0 Å². The molecule has 0 radical (unpaired) electrons. The highest BCUT2D eigenvalue weighted by Crippen LogP contribution is 2.31. The monoisotopic (exact) mass is 468 g/mol. The molecule has 0 fully saturated rings. The fraction of sp³-hybridized carbons (Fsp3) is 0.105. The van der Waals surface area contributed by atoms with Gasteiger partial charge in [-0.3, -0.25) is 9.52 Å². The summed E-state index contributed by atoms with van der Waals surface area (Å²) < 4.78 is 34.4. The summed E-state index contributed by atoms with van der Waals surface area (Å²) in [5.41, 5.74) is 0.597. The number of ether oxygens (including phenoxy) is 1. The molecular formula is C19H17ClN2O4S3. The number of benzene rings is 2. The molecule has 1 amide bonds. The summed E-state index contributed by atoms with van der Waals surface area (Å²) >= 11 is 9.02. The maximum atomic E-state index is 12.9. The minimum atomic E-state index is -4.00. The minimum absolute atomic E-state index is 0.108. The molecule has 6 nitrogen and oxygen atoms in total. The van der Waals surface area contributed by atoms with Crippen LogP contribution in [0, 0.1) is 0 Å². The number of carbonyl (C=O) groups is 1. The molecule has 152 valence electrons. The van der Waals surface area contributed by atoms with E-state index in [1.807, 2.05) is 17.5 Å². The Bertz CT molecular complexity index is 1100. The van der Waals surface area contributed by atoms with E-state index in [0.717, 1.165) is 4.21 Å². The SMILES string of the molecule is COc1ccc(NC(=O)CSc2cccs2)cc1S(=O)(=O)Nc1ccccc1Cl. The van der Waals surface area contributed by atoms with Gasteiger partial charge in [0.15, 0.2) is 0 Å². The Morgan fingerprint density at radius 2 is 1.97 bits per heavy atom. The van der Waals surface area contributed by atoms with E-state index in [1.54, 1.807) is 41.7 Å². The van der Waals surface area contributed by atoms with Gasteiger partial charge in [-0.25, -0.2) is 8.42 Å². The zero-order valence-corrected chi connectivity index (χ0v) is 18.4. The maximum absolute atomic E-state index is 12.9. The van der Waals surface area contributed by atoms with E-state index in [2.05, 4.69) is 10.0 Å². The number of hydrogen-bond donors (Lipinski definition) is 2. The van der Waals surface area contributed by atoms with Crippen molar-refractivity contribution in [3.63, 3.8) is 0 Å².